The van der Waals surface area contributed by atoms with Gasteiger partial charge in [-0.15, -0.1) is 0 Å². The molecular weight excluding hydrogens is 268 g/mol. The topological polar surface area (TPSA) is 17.1 Å². The predicted molar refractivity (Wildman–Crippen MR) is 95.1 cm³/mol. The van der Waals surface area contributed by atoms with E-state index in [1.807, 2.05) is 13.0 Å². The maximum absolute atomic E-state index is 13.0. The van der Waals surface area contributed by atoms with Crippen molar-refractivity contribution in [2.24, 2.45) is 11.8 Å². The summed E-state index contributed by atoms with van der Waals surface area (Å²) in [7, 11) is 0. The van der Waals surface area contributed by atoms with E-state index >= 15 is 0 Å². The van der Waals surface area contributed by atoms with Gasteiger partial charge in [0.05, 0.1) is 0 Å². The molecule has 0 spiro atoms. The molecule has 0 radical (unpaired) electrons. The van der Waals surface area contributed by atoms with E-state index in [2.05, 4.69) is 39.8 Å². The molecule has 0 heterocycles. The molecule has 1 nitrogen and oxygen atoms in total. The maximum Gasteiger partial charge on any atom is 0.166 e. The van der Waals surface area contributed by atoms with E-state index in [9.17, 15) is 4.79 Å². The Kier molecular flexibility index (Phi) is 5.61. The second-order valence-corrected chi connectivity index (χ2v) is 6.87. The average Bonchev–Trinajstić information content (AvgIpc) is 2.55. The van der Waals surface area contributed by atoms with Crippen LogP contribution in [0.5, 0.6) is 0 Å². The average molecular weight is 298 g/mol. The molecule has 1 aliphatic carbocycles. The van der Waals surface area contributed by atoms with Gasteiger partial charge in [-0.2, -0.15) is 0 Å². The second-order valence-electron chi connectivity index (χ2n) is 6.87. The van der Waals surface area contributed by atoms with Crippen LogP contribution in [-0.4, -0.2) is 5.78 Å². The van der Waals surface area contributed by atoms with E-state index in [1.165, 1.54) is 36.0 Å². The van der Waals surface area contributed by atoms with Crippen molar-refractivity contribution < 1.29 is 4.79 Å². The zero-order valence-corrected chi connectivity index (χ0v) is 14.8. The van der Waals surface area contributed by atoms with Gasteiger partial charge in [0.15, 0.2) is 5.78 Å². The number of rotatable bonds is 4. The quantitative estimate of drug-likeness (QED) is 0.642. The first-order valence-electron chi connectivity index (χ1n) is 8.77. The minimum atomic E-state index is 0.231. The SMILES string of the molecule is C/C=C(/C(=O)C1CCC(CC)CC1)c1ccc(C)c(C)c1C. The molecule has 0 bridgehead atoms. The van der Waals surface area contributed by atoms with Crippen molar-refractivity contribution in [3.63, 3.8) is 0 Å². The van der Waals surface area contributed by atoms with Crippen molar-refractivity contribution in [1.29, 1.82) is 0 Å². The number of Topliss-reactive ketones (excluding diaryl/α,β-unsaturated/α-hetero) is 1. The highest BCUT2D eigenvalue weighted by Crippen LogP contribution is 2.35. The molecule has 0 N–H and O–H groups in total. The van der Waals surface area contributed by atoms with E-state index in [4.69, 9.17) is 0 Å². The predicted octanol–water partition coefficient (Wildman–Crippen LogP) is 5.80. The van der Waals surface area contributed by atoms with Gasteiger partial charge in [-0.1, -0.05) is 31.6 Å². The van der Waals surface area contributed by atoms with Crippen LogP contribution in [0, 0.1) is 32.6 Å². The summed E-state index contributed by atoms with van der Waals surface area (Å²) < 4.78 is 0. The third-order valence-electron chi connectivity index (χ3n) is 5.70. The number of aryl methyl sites for hydroxylation is 1. The summed E-state index contributed by atoms with van der Waals surface area (Å²) in [4.78, 5) is 13.0. The van der Waals surface area contributed by atoms with E-state index < -0.39 is 0 Å². The molecule has 120 valence electrons. The number of hydrogen-bond donors (Lipinski definition) is 0. The number of hydrogen-bond acceptors (Lipinski definition) is 1. The minimum Gasteiger partial charge on any atom is -0.294 e. The Labute approximate surface area is 135 Å². The van der Waals surface area contributed by atoms with Crippen molar-refractivity contribution in [1.82, 2.24) is 0 Å². The highest BCUT2D eigenvalue weighted by atomic mass is 16.1. The fourth-order valence-corrected chi connectivity index (χ4v) is 3.73. The number of benzene rings is 1. The van der Waals surface area contributed by atoms with Crippen LogP contribution >= 0.6 is 0 Å². The first-order valence-corrected chi connectivity index (χ1v) is 8.77. The maximum atomic E-state index is 13.0. The second kappa shape index (κ2) is 7.26. The van der Waals surface area contributed by atoms with Gasteiger partial charge in [0.1, 0.15) is 0 Å². The lowest BCUT2D eigenvalue weighted by Crippen LogP contribution is -2.22. The third-order valence-corrected chi connectivity index (χ3v) is 5.70. The molecule has 1 saturated carbocycles. The van der Waals surface area contributed by atoms with Crippen LogP contribution in [0.2, 0.25) is 0 Å². The van der Waals surface area contributed by atoms with Crippen molar-refractivity contribution in [3.05, 3.63) is 40.5 Å². The number of allylic oxidation sites excluding steroid dienone is 2. The molecule has 0 atom stereocenters. The largest absolute Gasteiger partial charge is 0.294 e. The molecule has 1 fully saturated rings. The first-order chi connectivity index (χ1) is 10.5. The highest BCUT2D eigenvalue weighted by molar-refractivity contribution is 6.22. The summed E-state index contributed by atoms with van der Waals surface area (Å²) in [6, 6.07) is 4.27. The van der Waals surface area contributed by atoms with Crippen molar-refractivity contribution >= 4 is 11.4 Å². The molecule has 0 aliphatic heterocycles. The Bertz CT molecular complexity index is 572. The van der Waals surface area contributed by atoms with Crippen LogP contribution in [0.25, 0.3) is 5.57 Å². The fourth-order valence-electron chi connectivity index (χ4n) is 3.73. The van der Waals surface area contributed by atoms with Gasteiger partial charge in [0.25, 0.3) is 0 Å². The standard InChI is InChI=1S/C21H30O/c1-6-17-9-11-18(12-10-17)21(22)19(7-2)20-13-8-14(3)15(4)16(20)5/h7-8,13,17-18H,6,9-12H2,1-5H3/b19-7+. The molecule has 1 heteroatoms. The van der Waals surface area contributed by atoms with Gasteiger partial charge in [0.2, 0.25) is 0 Å². The van der Waals surface area contributed by atoms with Crippen LogP contribution in [0.4, 0.5) is 0 Å². The summed E-state index contributed by atoms with van der Waals surface area (Å²) in [5, 5.41) is 0. The summed E-state index contributed by atoms with van der Waals surface area (Å²) in [5.74, 6) is 1.43. The monoisotopic (exact) mass is 298 g/mol. The minimum absolute atomic E-state index is 0.231. The number of carbonyl (C=O) groups is 1. The van der Waals surface area contributed by atoms with E-state index in [0.717, 1.165) is 29.9 Å². The number of ketones is 1. The van der Waals surface area contributed by atoms with E-state index in [1.54, 1.807) is 0 Å². The lowest BCUT2D eigenvalue weighted by molar-refractivity contribution is -0.118. The molecule has 0 amide bonds. The molecular formula is C21H30O. The molecule has 0 saturated heterocycles. The van der Waals surface area contributed by atoms with Gasteiger partial charge in [-0.05, 0) is 81.5 Å². The Morgan fingerprint density at radius 2 is 1.73 bits per heavy atom. The molecule has 1 aliphatic rings. The van der Waals surface area contributed by atoms with E-state index in [0.29, 0.717) is 5.78 Å². The Morgan fingerprint density at radius 3 is 2.27 bits per heavy atom. The summed E-state index contributed by atoms with van der Waals surface area (Å²) in [5.41, 5.74) is 5.92. The summed E-state index contributed by atoms with van der Waals surface area (Å²) >= 11 is 0. The molecule has 22 heavy (non-hydrogen) atoms. The summed E-state index contributed by atoms with van der Waals surface area (Å²) in [6.45, 7) is 10.7. The Hall–Kier alpha value is -1.37. The van der Waals surface area contributed by atoms with Crippen molar-refractivity contribution in [2.45, 2.75) is 66.7 Å². The van der Waals surface area contributed by atoms with Gasteiger partial charge >= 0.3 is 0 Å². The van der Waals surface area contributed by atoms with Gasteiger partial charge in [0, 0.05) is 11.5 Å². The molecule has 0 aromatic heterocycles. The van der Waals surface area contributed by atoms with Crippen molar-refractivity contribution in [3.8, 4) is 0 Å². The van der Waals surface area contributed by atoms with Crippen molar-refractivity contribution in [2.75, 3.05) is 0 Å². The smallest absolute Gasteiger partial charge is 0.166 e. The Balaban J connectivity index is 2.23. The molecule has 0 unspecified atom stereocenters. The van der Waals surface area contributed by atoms with Crippen LogP contribution in [0.1, 0.15) is 68.2 Å². The van der Waals surface area contributed by atoms with Crippen LogP contribution in [0.15, 0.2) is 18.2 Å². The molecule has 1 aromatic carbocycles. The normalized spacial score (nSPS) is 22.7. The highest BCUT2D eigenvalue weighted by Gasteiger charge is 2.28. The van der Waals surface area contributed by atoms with Crippen LogP contribution < -0.4 is 0 Å². The lowest BCUT2D eigenvalue weighted by atomic mass is 9.76. The molecule has 2 rings (SSSR count). The van der Waals surface area contributed by atoms with Crippen LogP contribution in [-0.2, 0) is 4.79 Å². The van der Waals surface area contributed by atoms with Crippen LogP contribution in [0.3, 0.4) is 0 Å². The van der Waals surface area contributed by atoms with Gasteiger partial charge in [-0.25, -0.2) is 0 Å². The zero-order valence-electron chi connectivity index (χ0n) is 14.8. The van der Waals surface area contributed by atoms with Gasteiger partial charge in [-0.3, -0.25) is 4.79 Å². The van der Waals surface area contributed by atoms with E-state index in [-0.39, 0.29) is 5.92 Å². The third kappa shape index (κ3) is 3.34. The zero-order chi connectivity index (χ0) is 16.3. The molecule has 1 aromatic rings. The summed E-state index contributed by atoms with van der Waals surface area (Å²) in [6.07, 6.45) is 7.85. The fraction of sp³-hybridized carbons (Fsp3) is 0.571. The lowest BCUT2D eigenvalue weighted by Gasteiger charge is -2.28. The Morgan fingerprint density at radius 1 is 1.09 bits per heavy atom. The first kappa shape index (κ1) is 17.0. The number of carbonyl (C=O) groups excluding carboxylic acids is 1. The van der Waals surface area contributed by atoms with Gasteiger partial charge < -0.3 is 0 Å².